The first-order valence-corrected chi connectivity index (χ1v) is 11.0. The van der Waals surface area contributed by atoms with Crippen LogP contribution in [0.5, 0.6) is 0 Å². The van der Waals surface area contributed by atoms with Gasteiger partial charge in [-0.05, 0) is 16.7 Å². The smallest absolute Gasteiger partial charge is 0.242 e. The summed E-state index contributed by atoms with van der Waals surface area (Å²) in [7, 11) is 0. The van der Waals surface area contributed by atoms with Gasteiger partial charge in [0, 0.05) is 19.6 Å². The van der Waals surface area contributed by atoms with E-state index in [4.69, 9.17) is 0 Å². The molecule has 1 aliphatic heterocycles. The molecule has 33 heavy (non-hydrogen) atoms. The second kappa shape index (κ2) is 10.6. The van der Waals surface area contributed by atoms with Gasteiger partial charge in [0.2, 0.25) is 17.7 Å². The van der Waals surface area contributed by atoms with Crippen LogP contribution in [-0.2, 0) is 34.0 Å². The highest BCUT2D eigenvalue weighted by Gasteiger charge is 2.30. The Hall–Kier alpha value is -3.93. The van der Waals surface area contributed by atoms with Gasteiger partial charge >= 0.3 is 0 Å². The number of hydrogen-bond acceptors (Lipinski definition) is 3. The normalized spacial score (nSPS) is 15.3. The van der Waals surface area contributed by atoms with Crippen molar-refractivity contribution in [3.05, 3.63) is 108 Å². The van der Waals surface area contributed by atoms with E-state index in [0.29, 0.717) is 19.6 Å². The average Bonchev–Trinajstić information content (AvgIpc) is 2.87. The second-order valence-corrected chi connectivity index (χ2v) is 8.21. The monoisotopic (exact) mass is 441 g/mol. The number of rotatable bonds is 6. The summed E-state index contributed by atoms with van der Waals surface area (Å²) in [6.07, 6.45) is 0. The summed E-state index contributed by atoms with van der Waals surface area (Å²) in [5.41, 5.74) is 2.82. The van der Waals surface area contributed by atoms with Gasteiger partial charge in [0.1, 0.15) is 19.6 Å². The maximum Gasteiger partial charge on any atom is 0.242 e. The van der Waals surface area contributed by atoms with Crippen LogP contribution in [0.25, 0.3) is 0 Å². The average molecular weight is 442 g/mol. The highest BCUT2D eigenvalue weighted by atomic mass is 16.2. The van der Waals surface area contributed by atoms with Crippen LogP contribution in [0.4, 0.5) is 0 Å². The fourth-order valence-electron chi connectivity index (χ4n) is 3.90. The molecule has 0 radical (unpaired) electrons. The lowest BCUT2D eigenvalue weighted by molar-refractivity contribution is -0.140. The quantitative estimate of drug-likeness (QED) is 0.591. The van der Waals surface area contributed by atoms with E-state index >= 15 is 0 Å². The lowest BCUT2D eigenvalue weighted by atomic mass is 10.2. The van der Waals surface area contributed by atoms with E-state index in [-0.39, 0.29) is 37.4 Å². The zero-order valence-corrected chi connectivity index (χ0v) is 18.5. The number of nitrogens with zero attached hydrogens (tertiary/aromatic N) is 3. The minimum Gasteiger partial charge on any atom is -0.328 e. The molecule has 6 nitrogen and oxygen atoms in total. The van der Waals surface area contributed by atoms with Crippen LogP contribution in [0.3, 0.4) is 0 Å². The Morgan fingerprint density at radius 2 is 0.667 bits per heavy atom. The third kappa shape index (κ3) is 6.07. The van der Waals surface area contributed by atoms with E-state index < -0.39 is 0 Å². The van der Waals surface area contributed by atoms with Gasteiger partial charge in [-0.25, -0.2) is 0 Å². The van der Waals surface area contributed by atoms with Gasteiger partial charge in [0.05, 0.1) is 0 Å². The molecule has 3 aromatic rings. The Kier molecular flexibility index (Phi) is 7.15. The molecule has 1 saturated heterocycles. The van der Waals surface area contributed by atoms with Crippen molar-refractivity contribution in [2.24, 2.45) is 0 Å². The molecule has 0 aromatic heterocycles. The molecular formula is C27H27N3O3. The molecule has 1 fully saturated rings. The molecule has 1 aliphatic rings. The van der Waals surface area contributed by atoms with Crippen molar-refractivity contribution in [1.29, 1.82) is 0 Å². The Bertz CT molecular complexity index is 946. The number of amides is 3. The first-order chi connectivity index (χ1) is 16.1. The van der Waals surface area contributed by atoms with E-state index in [2.05, 4.69) is 0 Å². The zero-order valence-electron chi connectivity index (χ0n) is 18.5. The van der Waals surface area contributed by atoms with Crippen LogP contribution < -0.4 is 0 Å². The molecular weight excluding hydrogens is 414 g/mol. The molecule has 6 heteroatoms. The van der Waals surface area contributed by atoms with Gasteiger partial charge in [-0.1, -0.05) is 91.0 Å². The molecule has 1 heterocycles. The Balaban J connectivity index is 1.61. The zero-order chi connectivity index (χ0) is 23.0. The van der Waals surface area contributed by atoms with E-state index in [1.807, 2.05) is 91.0 Å². The Morgan fingerprint density at radius 3 is 0.909 bits per heavy atom. The number of carbonyl (C=O) groups excluding carboxylic acids is 3. The van der Waals surface area contributed by atoms with Gasteiger partial charge in [0.15, 0.2) is 0 Å². The Labute approximate surface area is 194 Å². The highest BCUT2D eigenvalue weighted by Crippen LogP contribution is 2.14. The summed E-state index contributed by atoms with van der Waals surface area (Å²) in [5.74, 6) is -0.714. The summed E-state index contributed by atoms with van der Waals surface area (Å²) in [4.78, 5) is 44.4. The van der Waals surface area contributed by atoms with Crippen molar-refractivity contribution in [3.63, 3.8) is 0 Å². The number of carbonyl (C=O) groups is 3. The summed E-state index contributed by atoms with van der Waals surface area (Å²) in [6.45, 7) is 0.765. The van der Waals surface area contributed by atoms with E-state index in [1.54, 1.807) is 14.7 Å². The van der Waals surface area contributed by atoms with Gasteiger partial charge in [0.25, 0.3) is 0 Å². The highest BCUT2D eigenvalue weighted by molar-refractivity contribution is 5.92. The lowest BCUT2D eigenvalue weighted by Crippen LogP contribution is -2.42. The molecule has 3 amide bonds. The third-order valence-electron chi connectivity index (χ3n) is 5.69. The van der Waals surface area contributed by atoms with E-state index in [0.717, 1.165) is 16.7 Å². The van der Waals surface area contributed by atoms with Crippen LogP contribution in [0.2, 0.25) is 0 Å². The summed E-state index contributed by atoms with van der Waals surface area (Å²) in [6, 6.07) is 28.8. The molecule has 3 aromatic carbocycles. The molecule has 0 bridgehead atoms. The summed E-state index contributed by atoms with van der Waals surface area (Å²) in [5, 5.41) is 0. The predicted molar refractivity (Wildman–Crippen MR) is 126 cm³/mol. The second-order valence-electron chi connectivity index (χ2n) is 8.21. The molecule has 0 saturated carbocycles. The van der Waals surface area contributed by atoms with Crippen molar-refractivity contribution in [2.45, 2.75) is 19.6 Å². The van der Waals surface area contributed by atoms with Crippen LogP contribution in [0.15, 0.2) is 91.0 Å². The largest absolute Gasteiger partial charge is 0.328 e. The molecule has 0 aliphatic carbocycles. The topological polar surface area (TPSA) is 60.9 Å². The van der Waals surface area contributed by atoms with E-state index in [1.165, 1.54) is 0 Å². The fraction of sp³-hybridized carbons (Fsp3) is 0.222. The minimum absolute atomic E-state index is 0.0625. The molecule has 0 N–H and O–H groups in total. The van der Waals surface area contributed by atoms with Crippen LogP contribution in [-0.4, -0.2) is 52.1 Å². The van der Waals surface area contributed by atoms with E-state index in [9.17, 15) is 14.4 Å². The third-order valence-corrected chi connectivity index (χ3v) is 5.69. The van der Waals surface area contributed by atoms with Gasteiger partial charge < -0.3 is 14.7 Å². The first kappa shape index (κ1) is 22.3. The SMILES string of the molecule is O=C1CN(Cc2ccccc2)C(=O)CN(Cc2ccccc2)C(=O)CN1Cc1ccccc1. The number of benzene rings is 3. The maximum atomic E-state index is 13.2. The standard InChI is InChI=1S/C27H27N3O3/c31-25-20-29(17-23-12-6-2-7-13-23)27(33)21-30(18-24-14-8-3-9-15-24)26(32)19-28(25)16-22-10-4-1-5-11-22/h1-15H,16-21H2. The predicted octanol–water partition coefficient (Wildman–Crippen LogP) is 3.09. The summed E-state index contributed by atoms with van der Waals surface area (Å²) >= 11 is 0. The minimum atomic E-state index is -0.238. The van der Waals surface area contributed by atoms with Crippen LogP contribution in [0.1, 0.15) is 16.7 Å². The molecule has 0 spiro atoms. The van der Waals surface area contributed by atoms with Crippen LogP contribution in [0, 0.1) is 0 Å². The lowest BCUT2D eigenvalue weighted by Gasteiger charge is -2.25. The van der Waals surface area contributed by atoms with Crippen molar-refractivity contribution in [3.8, 4) is 0 Å². The van der Waals surface area contributed by atoms with Gasteiger partial charge in [-0.3, -0.25) is 14.4 Å². The van der Waals surface area contributed by atoms with Crippen LogP contribution >= 0.6 is 0 Å². The van der Waals surface area contributed by atoms with Gasteiger partial charge in [-0.15, -0.1) is 0 Å². The number of hydrogen-bond donors (Lipinski definition) is 0. The molecule has 0 atom stereocenters. The summed E-state index contributed by atoms with van der Waals surface area (Å²) < 4.78 is 0. The fourth-order valence-corrected chi connectivity index (χ4v) is 3.90. The van der Waals surface area contributed by atoms with Crippen molar-refractivity contribution in [2.75, 3.05) is 19.6 Å². The maximum absolute atomic E-state index is 13.2. The first-order valence-electron chi connectivity index (χ1n) is 11.0. The molecule has 0 unspecified atom stereocenters. The van der Waals surface area contributed by atoms with Gasteiger partial charge in [-0.2, -0.15) is 0 Å². The van der Waals surface area contributed by atoms with Crippen molar-refractivity contribution in [1.82, 2.24) is 14.7 Å². The van der Waals surface area contributed by atoms with Crippen molar-refractivity contribution >= 4 is 17.7 Å². The molecule has 4 rings (SSSR count). The van der Waals surface area contributed by atoms with Crippen molar-refractivity contribution < 1.29 is 14.4 Å². The molecule has 168 valence electrons. The Morgan fingerprint density at radius 1 is 0.424 bits per heavy atom.